The summed E-state index contributed by atoms with van der Waals surface area (Å²) in [6, 6.07) is -0.366. The fourth-order valence-corrected chi connectivity index (χ4v) is 3.13. The zero-order chi connectivity index (χ0) is 7.78. The molecule has 0 spiro atoms. The van der Waals surface area contributed by atoms with E-state index in [1.54, 1.807) is 0 Å². The monoisotopic (exact) mass is 165 g/mol. The molecule has 1 saturated heterocycles. The van der Waals surface area contributed by atoms with Crippen molar-refractivity contribution < 1.29 is 13.5 Å². The number of nitrogens with two attached hydrogens (primary N) is 1. The Kier molecular flexibility index (Phi) is 1.98. The van der Waals surface area contributed by atoms with E-state index >= 15 is 0 Å². The summed E-state index contributed by atoms with van der Waals surface area (Å²) in [5, 5.41) is 8.62. The van der Waals surface area contributed by atoms with Gasteiger partial charge in [-0.05, 0) is 0 Å². The second kappa shape index (κ2) is 2.48. The highest BCUT2D eigenvalue weighted by Gasteiger charge is 2.34. The Hall–Kier alpha value is -0.130. The van der Waals surface area contributed by atoms with Crippen molar-refractivity contribution >= 4 is 9.84 Å². The zero-order valence-corrected chi connectivity index (χ0v) is 6.34. The highest BCUT2D eigenvalue weighted by atomic mass is 32.2. The van der Waals surface area contributed by atoms with Gasteiger partial charge in [0.25, 0.3) is 0 Å². The van der Waals surface area contributed by atoms with E-state index in [2.05, 4.69) is 0 Å². The Labute approximate surface area is 60.0 Å². The topological polar surface area (TPSA) is 80.4 Å². The van der Waals surface area contributed by atoms with Crippen molar-refractivity contribution in [2.45, 2.75) is 6.04 Å². The lowest BCUT2D eigenvalue weighted by Crippen LogP contribution is -2.30. The van der Waals surface area contributed by atoms with Gasteiger partial charge in [0.1, 0.15) is 0 Å². The number of hydrogen-bond acceptors (Lipinski definition) is 4. The lowest BCUT2D eigenvalue weighted by Gasteiger charge is -2.07. The molecule has 1 fully saturated rings. The van der Waals surface area contributed by atoms with E-state index in [9.17, 15) is 8.42 Å². The summed E-state index contributed by atoms with van der Waals surface area (Å²) in [6.07, 6.45) is 0. The number of aliphatic hydroxyl groups is 1. The highest BCUT2D eigenvalue weighted by molar-refractivity contribution is 7.91. The third-order valence-electron chi connectivity index (χ3n) is 1.75. The fraction of sp³-hybridized carbons (Fsp3) is 1.00. The lowest BCUT2D eigenvalue weighted by atomic mass is 10.1. The average molecular weight is 165 g/mol. The first kappa shape index (κ1) is 7.97. The maximum atomic E-state index is 10.8. The molecule has 1 aliphatic rings. The van der Waals surface area contributed by atoms with Crippen molar-refractivity contribution in [3.8, 4) is 0 Å². The van der Waals surface area contributed by atoms with Crippen LogP contribution in [-0.2, 0) is 9.84 Å². The Morgan fingerprint density at radius 3 is 2.30 bits per heavy atom. The van der Waals surface area contributed by atoms with Crippen molar-refractivity contribution in [1.29, 1.82) is 0 Å². The summed E-state index contributed by atoms with van der Waals surface area (Å²) >= 11 is 0. The van der Waals surface area contributed by atoms with Crippen LogP contribution in [0.1, 0.15) is 0 Å². The summed E-state index contributed by atoms with van der Waals surface area (Å²) in [5.74, 6) is -0.173. The van der Waals surface area contributed by atoms with Gasteiger partial charge in [-0.2, -0.15) is 0 Å². The lowest BCUT2D eigenvalue weighted by molar-refractivity contribution is 0.229. The van der Waals surface area contributed by atoms with Crippen LogP contribution in [0.3, 0.4) is 0 Å². The number of hydrogen-bond donors (Lipinski definition) is 2. The molecule has 0 aromatic carbocycles. The third-order valence-corrected chi connectivity index (χ3v) is 3.58. The van der Waals surface area contributed by atoms with Crippen molar-refractivity contribution in [2.75, 3.05) is 18.1 Å². The SMILES string of the molecule is N[C@@H]1CS(=O)(=O)C[C@@H]1CO. The summed E-state index contributed by atoms with van der Waals surface area (Å²) in [5.41, 5.74) is 5.43. The first-order valence-electron chi connectivity index (χ1n) is 3.12. The summed E-state index contributed by atoms with van der Waals surface area (Å²) in [6.45, 7) is -0.125. The fourth-order valence-electron chi connectivity index (χ4n) is 1.14. The van der Waals surface area contributed by atoms with Crippen LogP contribution in [0.15, 0.2) is 0 Å². The van der Waals surface area contributed by atoms with Gasteiger partial charge in [-0.25, -0.2) is 8.42 Å². The predicted octanol–water partition coefficient (Wildman–Crippen LogP) is -1.65. The molecule has 0 unspecified atom stereocenters. The number of aliphatic hydroxyl groups excluding tert-OH is 1. The standard InChI is InChI=1S/C5H11NO3S/c6-5-3-10(8,9)2-4(5)1-7/h4-5,7H,1-3,6H2/t4-,5+/m0/s1. The van der Waals surface area contributed by atoms with Gasteiger partial charge in [0.05, 0.1) is 11.5 Å². The first-order valence-corrected chi connectivity index (χ1v) is 4.94. The maximum absolute atomic E-state index is 10.8. The average Bonchev–Trinajstić information content (AvgIpc) is 2.05. The van der Waals surface area contributed by atoms with Gasteiger partial charge in [0, 0.05) is 18.6 Å². The van der Waals surface area contributed by atoms with E-state index in [1.807, 2.05) is 0 Å². The van der Waals surface area contributed by atoms with Crippen LogP contribution in [-0.4, -0.2) is 37.7 Å². The van der Waals surface area contributed by atoms with Crippen LogP contribution >= 0.6 is 0 Å². The van der Waals surface area contributed by atoms with Crippen LogP contribution in [0.5, 0.6) is 0 Å². The van der Waals surface area contributed by atoms with Gasteiger partial charge in [-0.3, -0.25) is 0 Å². The Morgan fingerprint density at radius 2 is 2.10 bits per heavy atom. The third kappa shape index (κ3) is 1.47. The summed E-state index contributed by atoms with van der Waals surface area (Å²) in [7, 11) is -2.94. The summed E-state index contributed by atoms with van der Waals surface area (Å²) < 4.78 is 21.6. The van der Waals surface area contributed by atoms with Crippen molar-refractivity contribution in [2.24, 2.45) is 11.7 Å². The molecule has 1 heterocycles. The molecule has 5 heteroatoms. The second-order valence-electron chi connectivity index (χ2n) is 2.68. The minimum Gasteiger partial charge on any atom is -0.396 e. The maximum Gasteiger partial charge on any atom is 0.152 e. The molecule has 0 aromatic heterocycles. The zero-order valence-electron chi connectivity index (χ0n) is 5.53. The molecule has 0 aliphatic carbocycles. The smallest absolute Gasteiger partial charge is 0.152 e. The van der Waals surface area contributed by atoms with Crippen molar-refractivity contribution in [1.82, 2.24) is 0 Å². The highest BCUT2D eigenvalue weighted by Crippen LogP contribution is 2.16. The predicted molar refractivity (Wildman–Crippen MR) is 37.2 cm³/mol. The van der Waals surface area contributed by atoms with Crippen molar-refractivity contribution in [3.63, 3.8) is 0 Å². The Bertz CT molecular complexity index is 211. The largest absolute Gasteiger partial charge is 0.396 e. The molecule has 0 bridgehead atoms. The molecule has 0 radical (unpaired) electrons. The van der Waals surface area contributed by atoms with Crippen molar-refractivity contribution in [3.05, 3.63) is 0 Å². The van der Waals surface area contributed by atoms with E-state index < -0.39 is 9.84 Å². The van der Waals surface area contributed by atoms with Gasteiger partial charge in [-0.15, -0.1) is 0 Å². The molecule has 10 heavy (non-hydrogen) atoms. The molecule has 60 valence electrons. The van der Waals surface area contributed by atoms with E-state index in [0.29, 0.717) is 0 Å². The van der Waals surface area contributed by atoms with Crippen LogP contribution < -0.4 is 5.73 Å². The van der Waals surface area contributed by atoms with Crippen LogP contribution in [0.25, 0.3) is 0 Å². The van der Waals surface area contributed by atoms with Crippen LogP contribution in [0, 0.1) is 5.92 Å². The number of rotatable bonds is 1. The van der Waals surface area contributed by atoms with Gasteiger partial charge in [0.2, 0.25) is 0 Å². The van der Waals surface area contributed by atoms with Gasteiger partial charge >= 0.3 is 0 Å². The number of sulfone groups is 1. The molecular formula is C5H11NO3S. The Balaban J connectivity index is 2.71. The molecule has 4 nitrogen and oxygen atoms in total. The van der Waals surface area contributed by atoms with E-state index in [4.69, 9.17) is 10.8 Å². The van der Waals surface area contributed by atoms with E-state index in [1.165, 1.54) is 0 Å². The van der Waals surface area contributed by atoms with Gasteiger partial charge in [-0.1, -0.05) is 0 Å². The first-order chi connectivity index (χ1) is 4.55. The van der Waals surface area contributed by atoms with Crippen LogP contribution in [0.2, 0.25) is 0 Å². The molecule has 3 N–H and O–H groups in total. The summed E-state index contributed by atoms with van der Waals surface area (Å²) in [4.78, 5) is 0. The van der Waals surface area contributed by atoms with Gasteiger partial charge in [0.15, 0.2) is 9.84 Å². The van der Waals surface area contributed by atoms with E-state index in [-0.39, 0.29) is 30.1 Å². The molecule has 1 aliphatic heterocycles. The minimum absolute atomic E-state index is 0.0260. The van der Waals surface area contributed by atoms with E-state index in [0.717, 1.165) is 0 Å². The van der Waals surface area contributed by atoms with Gasteiger partial charge < -0.3 is 10.8 Å². The Morgan fingerprint density at radius 1 is 1.50 bits per heavy atom. The molecule has 0 saturated carbocycles. The van der Waals surface area contributed by atoms with Crippen LogP contribution in [0.4, 0.5) is 0 Å². The quantitative estimate of drug-likeness (QED) is 0.488. The molecule has 2 atom stereocenters. The molecule has 0 aromatic rings. The normalized spacial score (nSPS) is 38.2. The molecular weight excluding hydrogens is 154 g/mol. The molecule has 1 rings (SSSR count). The molecule has 0 amide bonds. The second-order valence-corrected chi connectivity index (χ2v) is 4.84. The minimum atomic E-state index is -2.94.